The zero-order chi connectivity index (χ0) is 21.5. The van der Waals surface area contributed by atoms with E-state index in [0.29, 0.717) is 17.1 Å². The normalized spacial score (nSPS) is 17.4. The Labute approximate surface area is 178 Å². The number of hydrogen-bond acceptors (Lipinski definition) is 4. The molecule has 2 unspecified atom stereocenters. The standard InChI is InChI=1S/C25H29NO4/c1-4-8-19(5-2)20-11-13-23(14-12-20)30-18(3)29-16-15-26-24(27)21-9-6-7-10-22(17-21)25(26)28/h6-7,9-14,18-19H,4-5,8,15-16H2,1-3H3. The first-order valence-electron chi connectivity index (χ1n) is 10.6. The number of allylic oxidation sites excluding steroid dienone is 2. The van der Waals surface area contributed by atoms with Crippen LogP contribution in [-0.4, -0.2) is 36.2 Å². The Kier molecular flexibility index (Phi) is 7.45. The Morgan fingerprint density at radius 1 is 1.00 bits per heavy atom. The second-order valence-corrected chi connectivity index (χ2v) is 7.45. The number of ether oxygens (including phenoxy) is 2. The third-order valence-corrected chi connectivity index (χ3v) is 5.31. The molecule has 0 N–H and O–H groups in total. The molecule has 30 heavy (non-hydrogen) atoms. The van der Waals surface area contributed by atoms with E-state index >= 15 is 0 Å². The molecule has 2 amide bonds. The molecule has 1 aromatic rings. The minimum absolute atomic E-state index is 0.163. The molecular weight excluding hydrogens is 378 g/mol. The molecule has 1 heterocycles. The van der Waals surface area contributed by atoms with Gasteiger partial charge in [-0.15, -0.1) is 0 Å². The lowest BCUT2D eigenvalue weighted by Gasteiger charge is -2.24. The molecule has 0 saturated heterocycles. The molecular formula is C25H29NO4. The molecule has 3 rings (SSSR count). The second-order valence-electron chi connectivity index (χ2n) is 7.45. The number of amides is 2. The lowest BCUT2D eigenvalue weighted by Crippen LogP contribution is -2.42. The predicted molar refractivity (Wildman–Crippen MR) is 116 cm³/mol. The molecule has 0 radical (unpaired) electrons. The molecule has 0 aromatic heterocycles. The number of hydrogen-bond donors (Lipinski definition) is 0. The van der Waals surface area contributed by atoms with E-state index in [2.05, 4.69) is 31.7 Å². The van der Waals surface area contributed by atoms with E-state index in [1.54, 1.807) is 31.2 Å². The summed E-state index contributed by atoms with van der Waals surface area (Å²) in [6.45, 7) is 6.58. The summed E-state index contributed by atoms with van der Waals surface area (Å²) in [6, 6.07) is 8.16. The average Bonchev–Trinajstić information content (AvgIpc) is 2.98. The topological polar surface area (TPSA) is 55.8 Å². The van der Waals surface area contributed by atoms with Crippen LogP contribution < -0.4 is 4.74 Å². The smallest absolute Gasteiger partial charge is 0.268 e. The first-order chi connectivity index (χ1) is 14.5. The van der Waals surface area contributed by atoms with Gasteiger partial charge in [-0.2, -0.15) is 0 Å². The van der Waals surface area contributed by atoms with Crippen LogP contribution in [0, 0.1) is 0 Å². The zero-order valence-electron chi connectivity index (χ0n) is 17.9. The predicted octanol–water partition coefficient (Wildman–Crippen LogP) is 4.67. The van der Waals surface area contributed by atoms with Crippen LogP contribution in [0.1, 0.15) is 51.5 Å². The molecule has 0 saturated carbocycles. The van der Waals surface area contributed by atoms with Crippen molar-refractivity contribution in [1.82, 2.24) is 4.90 Å². The maximum atomic E-state index is 12.5. The van der Waals surface area contributed by atoms with Crippen molar-refractivity contribution in [2.75, 3.05) is 13.2 Å². The van der Waals surface area contributed by atoms with Gasteiger partial charge in [-0.3, -0.25) is 14.5 Å². The highest BCUT2D eigenvalue weighted by molar-refractivity contribution is 6.15. The third kappa shape index (κ3) is 5.18. The second kappa shape index (κ2) is 10.2. The van der Waals surface area contributed by atoms with E-state index in [0.717, 1.165) is 12.2 Å². The van der Waals surface area contributed by atoms with E-state index in [1.165, 1.54) is 23.3 Å². The van der Waals surface area contributed by atoms with Gasteiger partial charge in [0.2, 0.25) is 0 Å². The molecule has 0 fully saturated rings. The molecule has 0 spiro atoms. The van der Waals surface area contributed by atoms with Crippen molar-refractivity contribution in [2.45, 2.75) is 52.2 Å². The van der Waals surface area contributed by atoms with Crippen LogP contribution in [0.15, 0.2) is 65.4 Å². The number of nitrogens with zero attached hydrogens (tertiary/aromatic N) is 1. The number of imide groups is 1. The Morgan fingerprint density at radius 2 is 1.63 bits per heavy atom. The molecule has 2 aliphatic rings. The largest absolute Gasteiger partial charge is 0.465 e. The Hall–Kier alpha value is -2.88. The van der Waals surface area contributed by atoms with Gasteiger partial charge in [0.15, 0.2) is 6.29 Å². The highest BCUT2D eigenvalue weighted by atomic mass is 16.7. The van der Waals surface area contributed by atoms with Crippen LogP contribution in [0.5, 0.6) is 5.75 Å². The molecule has 158 valence electrons. The lowest BCUT2D eigenvalue weighted by atomic mass is 9.92. The van der Waals surface area contributed by atoms with Gasteiger partial charge >= 0.3 is 0 Å². The summed E-state index contributed by atoms with van der Waals surface area (Å²) in [5.74, 6) is 0.610. The third-order valence-electron chi connectivity index (χ3n) is 5.31. The molecule has 1 aliphatic heterocycles. The molecule has 1 aromatic carbocycles. The average molecular weight is 408 g/mol. The number of carbonyl (C=O) groups is 2. The number of rotatable bonds is 10. The van der Waals surface area contributed by atoms with Crippen LogP contribution in [-0.2, 0) is 14.3 Å². The van der Waals surface area contributed by atoms with Gasteiger partial charge in [-0.05, 0) is 55.5 Å². The van der Waals surface area contributed by atoms with Gasteiger partial charge in [0, 0.05) is 0 Å². The molecule has 5 nitrogen and oxygen atoms in total. The van der Waals surface area contributed by atoms with Crippen LogP contribution in [0.3, 0.4) is 0 Å². The summed E-state index contributed by atoms with van der Waals surface area (Å²) in [7, 11) is 0. The summed E-state index contributed by atoms with van der Waals surface area (Å²) in [6.07, 6.45) is 9.76. The van der Waals surface area contributed by atoms with Crippen molar-refractivity contribution in [1.29, 1.82) is 0 Å². The Bertz CT molecular complexity index is 868. The van der Waals surface area contributed by atoms with Crippen LogP contribution in [0.4, 0.5) is 0 Å². The molecule has 2 atom stereocenters. The monoisotopic (exact) mass is 407 g/mol. The minimum Gasteiger partial charge on any atom is -0.465 e. The highest BCUT2D eigenvalue weighted by Crippen LogP contribution is 2.26. The van der Waals surface area contributed by atoms with Crippen LogP contribution >= 0.6 is 0 Å². The van der Waals surface area contributed by atoms with Gasteiger partial charge in [-0.1, -0.05) is 50.3 Å². The first-order valence-corrected chi connectivity index (χ1v) is 10.6. The first kappa shape index (κ1) is 21.8. The lowest BCUT2D eigenvalue weighted by molar-refractivity contribution is -0.142. The molecule has 1 aliphatic carbocycles. The maximum absolute atomic E-state index is 12.5. The van der Waals surface area contributed by atoms with E-state index in [4.69, 9.17) is 9.47 Å². The number of benzene rings is 1. The van der Waals surface area contributed by atoms with Crippen molar-refractivity contribution in [3.63, 3.8) is 0 Å². The van der Waals surface area contributed by atoms with Crippen molar-refractivity contribution in [3.05, 3.63) is 71.0 Å². The van der Waals surface area contributed by atoms with Gasteiger partial charge in [-0.25, -0.2) is 0 Å². The van der Waals surface area contributed by atoms with E-state index in [9.17, 15) is 9.59 Å². The van der Waals surface area contributed by atoms with Gasteiger partial charge in [0.1, 0.15) is 5.75 Å². The van der Waals surface area contributed by atoms with E-state index in [1.807, 2.05) is 12.1 Å². The van der Waals surface area contributed by atoms with Gasteiger partial charge in [0.05, 0.1) is 24.3 Å². The maximum Gasteiger partial charge on any atom is 0.268 e. The molecule has 5 heteroatoms. The summed E-state index contributed by atoms with van der Waals surface area (Å²) < 4.78 is 11.5. The Balaban J connectivity index is 1.50. The number of carbonyl (C=O) groups excluding carboxylic acids is 2. The summed E-state index contributed by atoms with van der Waals surface area (Å²) in [5, 5.41) is 0. The zero-order valence-corrected chi connectivity index (χ0v) is 17.9. The van der Waals surface area contributed by atoms with Crippen molar-refractivity contribution in [3.8, 4) is 5.75 Å². The van der Waals surface area contributed by atoms with Crippen molar-refractivity contribution < 1.29 is 19.1 Å². The van der Waals surface area contributed by atoms with E-state index in [-0.39, 0.29) is 25.0 Å². The summed E-state index contributed by atoms with van der Waals surface area (Å²) in [4.78, 5) is 26.1. The molecule has 2 bridgehead atoms. The summed E-state index contributed by atoms with van der Waals surface area (Å²) >= 11 is 0. The summed E-state index contributed by atoms with van der Waals surface area (Å²) in [5.41, 5.74) is 4.95. The van der Waals surface area contributed by atoms with Gasteiger partial charge in [0.25, 0.3) is 11.8 Å². The fourth-order valence-corrected chi connectivity index (χ4v) is 3.68. The fraction of sp³-hybridized carbons (Fsp3) is 0.400. The van der Waals surface area contributed by atoms with Crippen molar-refractivity contribution >= 4 is 11.8 Å². The minimum atomic E-state index is -0.496. The fourth-order valence-electron chi connectivity index (χ4n) is 3.68. The van der Waals surface area contributed by atoms with Crippen molar-refractivity contribution in [2.24, 2.45) is 0 Å². The van der Waals surface area contributed by atoms with Crippen LogP contribution in [0.2, 0.25) is 0 Å². The quantitative estimate of drug-likeness (QED) is 0.321. The van der Waals surface area contributed by atoms with Gasteiger partial charge < -0.3 is 9.47 Å². The highest BCUT2D eigenvalue weighted by Gasteiger charge is 2.29. The van der Waals surface area contributed by atoms with E-state index < -0.39 is 6.29 Å². The SMILES string of the molecule is CCCC(CC)c1ccc(OC(C)OCCN2C(=O)C3=C=C(C=CC=C3)C2=O)cc1. The Morgan fingerprint density at radius 3 is 2.20 bits per heavy atom. The van der Waals surface area contributed by atoms with Crippen LogP contribution in [0.25, 0.3) is 0 Å².